The van der Waals surface area contributed by atoms with Gasteiger partial charge in [-0.05, 0) is 25.7 Å². The smallest absolute Gasteiger partial charge is 0.322 e. The molecule has 0 radical (unpaired) electrons. The molecule has 0 aliphatic heterocycles. The minimum atomic E-state index is -0.656. The molecule has 6 nitrogen and oxygen atoms in total. The summed E-state index contributed by atoms with van der Waals surface area (Å²) in [6.45, 7) is 1.44. The lowest BCUT2D eigenvalue weighted by Gasteiger charge is -2.18. The van der Waals surface area contributed by atoms with E-state index in [0.29, 0.717) is 18.4 Å². The van der Waals surface area contributed by atoms with Crippen LogP contribution >= 0.6 is 0 Å². The molecule has 1 aliphatic rings. The van der Waals surface area contributed by atoms with E-state index in [-0.39, 0.29) is 24.2 Å². The third-order valence-electron chi connectivity index (χ3n) is 3.01. The second-order valence-electron chi connectivity index (χ2n) is 4.76. The van der Waals surface area contributed by atoms with Gasteiger partial charge < -0.3 is 15.8 Å². The first-order valence-corrected chi connectivity index (χ1v) is 6.43. The Bertz CT molecular complexity index is 454. The van der Waals surface area contributed by atoms with E-state index in [4.69, 9.17) is 5.73 Å². The summed E-state index contributed by atoms with van der Waals surface area (Å²) < 4.78 is 4.57. The first-order valence-electron chi connectivity index (χ1n) is 6.43. The Balaban J connectivity index is 2.45. The number of rotatable bonds is 6. The van der Waals surface area contributed by atoms with E-state index in [0.717, 1.165) is 0 Å². The number of nitrogens with two attached hydrogens (primary N) is 1. The van der Waals surface area contributed by atoms with Crippen molar-refractivity contribution in [2.75, 3.05) is 13.7 Å². The topological polar surface area (TPSA) is 98.5 Å². The van der Waals surface area contributed by atoms with Crippen LogP contribution in [0.25, 0.3) is 0 Å². The molecule has 20 heavy (non-hydrogen) atoms. The van der Waals surface area contributed by atoms with Crippen LogP contribution in [0.2, 0.25) is 0 Å². The molecular formula is C14H20N2O4. The fourth-order valence-corrected chi connectivity index (χ4v) is 1.89. The number of hydrogen-bond acceptors (Lipinski definition) is 5. The van der Waals surface area contributed by atoms with E-state index in [1.165, 1.54) is 14.0 Å². The van der Waals surface area contributed by atoms with Crippen molar-refractivity contribution in [3.8, 4) is 0 Å². The number of carbonyl (C=O) groups is 3. The van der Waals surface area contributed by atoms with Gasteiger partial charge in [-0.15, -0.1) is 0 Å². The van der Waals surface area contributed by atoms with Crippen molar-refractivity contribution in [3.63, 3.8) is 0 Å². The second-order valence-corrected chi connectivity index (χ2v) is 4.76. The Morgan fingerprint density at radius 2 is 2.20 bits per heavy atom. The predicted octanol–water partition coefficient (Wildman–Crippen LogP) is 0.0845. The standard InChI is InChI=1S/C14H20N2O4/c1-9(17)8-16-13(18)11-5-3-10(4-6-11)7-12(15)14(19)20-2/h3,5-6,10,12H,4,7-8,15H2,1-2H3,(H,16,18)/t10?,12-/m0/s1. The largest absolute Gasteiger partial charge is 0.468 e. The minimum Gasteiger partial charge on any atom is -0.468 e. The Hall–Kier alpha value is -1.95. The highest BCUT2D eigenvalue weighted by Gasteiger charge is 2.20. The van der Waals surface area contributed by atoms with Gasteiger partial charge in [0.25, 0.3) is 5.91 Å². The molecule has 1 amide bonds. The SMILES string of the molecule is COC(=O)[C@@H](N)CC1C=CC(C(=O)NCC(C)=O)=CC1. The fraction of sp³-hybridized carbons (Fsp3) is 0.500. The molecule has 6 heteroatoms. The third-order valence-corrected chi connectivity index (χ3v) is 3.01. The van der Waals surface area contributed by atoms with Crippen LogP contribution in [0.15, 0.2) is 23.8 Å². The number of carbonyl (C=O) groups excluding carboxylic acids is 3. The lowest BCUT2D eigenvalue weighted by molar-refractivity contribution is -0.142. The molecule has 0 saturated carbocycles. The van der Waals surface area contributed by atoms with Crippen LogP contribution in [0.3, 0.4) is 0 Å². The Morgan fingerprint density at radius 3 is 2.70 bits per heavy atom. The average molecular weight is 280 g/mol. The van der Waals surface area contributed by atoms with Crippen LogP contribution in [0.1, 0.15) is 19.8 Å². The van der Waals surface area contributed by atoms with E-state index in [1.807, 2.05) is 6.08 Å². The number of Topliss-reactive ketones (excluding diaryl/α,β-unsaturated/α-hetero) is 1. The van der Waals surface area contributed by atoms with Gasteiger partial charge in [-0.2, -0.15) is 0 Å². The Kier molecular flexibility index (Phi) is 6.11. The second kappa shape index (κ2) is 7.59. The molecule has 1 unspecified atom stereocenters. The summed E-state index contributed by atoms with van der Waals surface area (Å²) in [4.78, 5) is 33.7. The molecule has 0 heterocycles. The number of esters is 1. The van der Waals surface area contributed by atoms with Crippen LogP contribution in [-0.2, 0) is 19.1 Å². The van der Waals surface area contributed by atoms with Crippen LogP contribution < -0.4 is 11.1 Å². The molecule has 110 valence electrons. The highest BCUT2D eigenvalue weighted by Crippen LogP contribution is 2.20. The number of nitrogens with one attached hydrogen (secondary N) is 1. The lowest BCUT2D eigenvalue weighted by Crippen LogP contribution is -2.34. The Labute approximate surface area is 118 Å². The summed E-state index contributed by atoms with van der Waals surface area (Å²) in [6.07, 6.45) is 6.43. The summed E-state index contributed by atoms with van der Waals surface area (Å²) in [5, 5.41) is 2.53. The van der Waals surface area contributed by atoms with Crippen LogP contribution in [-0.4, -0.2) is 37.4 Å². The van der Waals surface area contributed by atoms with E-state index < -0.39 is 12.0 Å². The maximum Gasteiger partial charge on any atom is 0.322 e. The molecule has 0 aromatic heterocycles. The van der Waals surface area contributed by atoms with Gasteiger partial charge in [0.15, 0.2) is 0 Å². The first-order chi connectivity index (χ1) is 9.43. The van der Waals surface area contributed by atoms with Gasteiger partial charge >= 0.3 is 5.97 Å². The summed E-state index contributed by atoms with van der Waals surface area (Å²) >= 11 is 0. The highest BCUT2D eigenvalue weighted by molar-refractivity contribution is 5.98. The van der Waals surface area contributed by atoms with Crippen molar-refractivity contribution in [2.24, 2.45) is 11.7 Å². The number of methoxy groups -OCH3 is 1. The molecule has 0 spiro atoms. The third kappa shape index (κ3) is 4.97. The molecule has 2 atom stereocenters. The van der Waals surface area contributed by atoms with Crippen molar-refractivity contribution < 1.29 is 19.1 Å². The molecule has 3 N–H and O–H groups in total. The number of allylic oxidation sites excluding steroid dienone is 2. The summed E-state index contributed by atoms with van der Waals surface area (Å²) in [5.41, 5.74) is 6.21. The van der Waals surface area contributed by atoms with Gasteiger partial charge in [-0.25, -0.2) is 0 Å². The quantitative estimate of drug-likeness (QED) is 0.672. The van der Waals surface area contributed by atoms with Crippen LogP contribution in [0.4, 0.5) is 0 Å². The summed E-state index contributed by atoms with van der Waals surface area (Å²) in [5.74, 6) is -0.700. The molecule has 0 aromatic rings. The lowest BCUT2D eigenvalue weighted by atomic mass is 9.91. The van der Waals surface area contributed by atoms with Crippen LogP contribution in [0, 0.1) is 5.92 Å². The maximum absolute atomic E-state index is 11.7. The average Bonchev–Trinajstić information content (AvgIpc) is 2.44. The van der Waals surface area contributed by atoms with Gasteiger partial charge in [0.2, 0.25) is 0 Å². The van der Waals surface area contributed by atoms with Crippen molar-refractivity contribution in [2.45, 2.75) is 25.8 Å². The van der Waals surface area contributed by atoms with E-state index in [2.05, 4.69) is 10.1 Å². The van der Waals surface area contributed by atoms with Crippen molar-refractivity contribution in [1.29, 1.82) is 0 Å². The zero-order valence-electron chi connectivity index (χ0n) is 11.7. The van der Waals surface area contributed by atoms with E-state index in [9.17, 15) is 14.4 Å². The molecule has 1 rings (SSSR count). The fourth-order valence-electron chi connectivity index (χ4n) is 1.89. The maximum atomic E-state index is 11.7. The van der Waals surface area contributed by atoms with Crippen LogP contribution in [0.5, 0.6) is 0 Å². The molecular weight excluding hydrogens is 260 g/mol. The van der Waals surface area contributed by atoms with E-state index in [1.54, 1.807) is 12.2 Å². The number of ketones is 1. The predicted molar refractivity (Wildman–Crippen MR) is 73.6 cm³/mol. The van der Waals surface area contributed by atoms with Gasteiger partial charge in [0.05, 0.1) is 13.7 Å². The monoisotopic (exact) mass is 280 g/mol. The van der Waals surface area contributed by atoms with Gasteiger partial charge in [-0.3, -0.25) is 14.4 Å². The summed E-state index contributed by atoms with van der Waals surface area (Å²) in [7, 11) is 1.30. The zero-order valence-corrected chi connectivity index (χ0v) is 11.7. The highest BCUT2D eigenvalue weighted by atomic mass is 16.5. The minimum absolute atomic E-state index is 0.0284. The molecule has 0 saturated heterocycles. The number of ether oxygens (including phenoxy) is 1. The molecule has 0 bridgehead atoms. The summed E-state index contributed by atoms with van der Waals surface area (Å²) in [6, 6.07) is -0.656. The van der Waals surface area contributed by atoms with Gasteiger partial charge in [-0.1, -0.05) is 18.2 Å². The van der Waals surface area contributed by atoms with E-state index >= 15 is 0 Å². The molecule has 0 aromatic carbocycles. The normalized spacial score (nSPS) is 18.9. The molecule has 0 fully saturated rings. The van der Waals surface area contributed by atoms with Crippen molar-refractivity contribution in [1.82, 2.24) is 5.32 Å². The van der Waals surface area contributed by atoms with Crippen molar-refractivity contribution >= 4 is 17.7 Å². The number of hydrogen-bond donors (Lipinski definition) is 2. The Morgan fingerprint density at radius 1 is 1.50 bits per heavy atom. The van der Waals surface area contributed by atoms with Gasteiger partial charge in [0, 0.05) is 5.57 Å². The zero-order chi connectivity index (χ0) is 15.1. The van der Waals surface area contributed by atoms with Gasteiger partial charge in [0.1, 0.15) is 11.8 Å². The first kappa shape index (κ1) is 16.1. The number of amides is 1. The molecule has 1 aliphatic carbocycles. The van der Waals surface area contributed by atoms with Crippen molar-refractivity contribution in [3.05, 3.63) is 23.8 Å².